The van der Waals surface area contributed by atoms with Crippen LogP contribution in [0.25, 0.3) is 0 Å². The van der Waals surface area contributed by atoms with E-state index in [-0.39, 0.29) is 43.0 Å². The fourth-order valence-electron chi connectivity index (χ4n) is 4.10. The average Bonchev–Trinajstić information content (AvgIpc) is 3.58. The van der Waals surface area contributed by atoms with Crippen molar-refractivity contribution >= 4 is 46.2 Å². The highest BCUT2D eigenvalue weighted by Crippen LogP contribution is 2.34. The van der Waals surface area contributed by atoms with E-state index in [0.717, 1.165) is 17.3 Å². The highest BCUT2D eigenvalue weighted by Gasteiger charge is 2.42. The first-order chi connectivity index (χ1) is 18.5. The topological polar surface area (TPSA) is 126 Å². The van der Waals surface area contributed by atoms with Gasteiger partial charge in [0.15, 0.2) is 5.17 Å². The van der Waals surface area contributed by atoms with Crippen molar-refractivity contribution in [2.45, 2.75) is 25.6 Å². The molecule has 3 amide bonds. The molecule has 0 saturated heterocycles. The highest BCUT2D eigenvalue weighted by molar-refractivity contribution is 8.14. The second kappa shape index (κ2) is 11.3. The SMILES string of the molecule is COc1ccccc1CNC(=O)CC1N=C2c3ccccc3N=C(SCC(=O)NCc3ccco3)N2C1=O. The molecule has 38 heavy (non-hydrogen) atoms. The molecule has 10 nitrogen and oxygen atoms in total. The predicted octanol–water partition coefficient (Wildman–Crippen LogP) is 3.00. The quantitative estimate of drug-likeness (QED) is 0.437. The minimum Gasteiger partial charge on any atom is -0.496 e. The predicted molar refractivity (Wildman–Crippen MR) is 143 cm³/mol. The molecule has 0 bridgehead atoms. The Morgan fingerprint density at radius 2 is 1.82 bits per heavy atom. The van der Waals surface area contributed by atoms with E-state index in [1.165, 1.54) is 4.90 Å². The molecule has 11 heteroatoms. The summed E-state index contributed by atoms with van der Waals surface area (Å²) in [6.45, 7) is 0.533. The van der Waals surface area contributed by atoms with Gasteiger partial charge in [-0.15, -0.1) is 0 Å². The molecule has 2 aromatic carbocycles. The number of amides is 3. The molecule has 2 N–H and O–H groups in total. The molecular weight excluding hydrogens is 506 g/mol. The average molecular weight is 532 g/mol. The van der Waals surface area contributed by atoms with Gasteiger partial charge in [0, 0.05) is 17.7 Å². The first-order valence-electron chi connectivity index (χ1n) is 11.9. The number of hydrogen-bond acceptors (Lipinski definition) is 8. The Labute approximate surface area is 223 Å². The van der Waals surface area contributed by atoms with E-state index >= 15 is 0 Å². The van der Waals surface area contributed by atoms with E-state index in [2.05, 4.69) is 20.6 Å². The zero-order chi connectivity index (χ0) is 26.5. The van der Waals surface area contributed by atoms with Crippen LogP contribution in [0.2, 0.25) is 0 Å². The van der Waals surface area contributed by atoms with Crippen molar-refractivity contribution in [3.8, 4) is 5.75 Å². The van der Waals surface area contributed by atoms with Gasteiger partial charge in [-0.05, 0) is 30.3 Å². The van der Waals surface area contributed by atoms with Crippen LogP contribution in [0.5, 0.6) is 5.75 Å². The summed E-state index contributed by atoms with van der Waals surface area (Å²) in [5.74, 6) is 0.891. The van der Waals surface area contributed by atoms with E-state index in [0.29, 0.717) is 33.8 Å². The molecular formula is C27H25N5O5S. The van der Waals surface area contributed by atoms with Gasteiger partial charge in [0.1, 0.15) is 23.4 Å². The number of rotatable bonds is 9. The van der Waals surface area contributed by atoms with Gasteiger partial charge >= 0.3 is 0 Å². The molecule has 1 atom stereocenters. The van der Waals surface area contributed by atoms with Gasteiger partial charge in [-0.2, -0.15) is 0 Å². The van der Waals surface area contributed by atoms with Crippen molar-refractivity contribution in [1.82, 2.24) is 15.5 Å². The van der Waals surface area contributed by atoms with Crippen molar-refractivity contribution in [3.05, 3.63) is 83.8 Å². The van der Waals surface area contributed by atoms with Crippen molar-refractivity contribution in [1.29, 1.82) is 0 Å². The summed E-state index contributed by atoms with van der Waals surface area (Å²) in [6.07, 6.45) is 1.43. The molecule has 1 unspecified atom stereocenters. The van der Waals surface area contributed by atoms with Crippen LogP contribution in [0, 0.1) is 0 Å². The fraction of sp³-hybridized carbons (Fsp3) is 0.222. The molecule has 2 aliphatic rings. The molecule has 0 fully saturated rings. The van der Waals surface area contributed by atoms with Gasteiger partial charge in [0.2, 0.25) is 11.8 Å². The number of furan rings is 1. The molecule has 0 aliphatic carbocycles. The van der Waals surface area contributed by atoms with Crippen LogP contribution < -0.4 is 15.4 Å². The normalized spacial score (nSPS) is 15.8. The van der Waals surface area contributed by atoms with E-state index in [9.17, 15) is 14.4 Å². The zero-order valence-electron chi connectivity index (χ0n) is 20.5. The standard InChI is InChI=1S/C27H25N5O5S/c1-36-22-11-5-2-7-17(22)14-28-23(33)13-21-26(35)32-25(30-21)19-9-3-4-10-20(19)31-27(32)38-16-24(34)29-15-18-8-6-12-37-18/h2-12,21H,13-16H2,1H3,(H,28,33)(H,29,34). The Morgan fingerprint density at radius 3 is 2.63 bits per heavy atom. The third-order valence-corrected chi connectivity index (χ3v) is 6.91. The van der Waals surface area contributed by atoms with E-state index in [4.69, 9.17) is 9.15 Å². The Hall–Kier alpha value is -4.38. The van der Waals surface area contributed by atoms with Gasteiger partial charge < -0.3 is 19.8 Å². The molecule has 0 radical (unpaired) electrons. The molecule has 0 saturated carbocycles. The number of ether oxygens (including phenoxy) is 1. The van der Waals surface area contributed by atoms with Crippen LogP contribution in [-0.4, -0.2) is 52.5 Å². The second-order valence-corrected chi connectivity index (χ2v) is 9.43. The Kier molecular flexibility index (Phi) is 7.55. The third-order valence-electron chi connectivity index (χ3n) is 5.97. The van der Waals surface area contributed by atoms with Crippen LogP contribution in [-0.2, 0) is 27.5 Å². The number of amidine groups is 2. The van der Waals surface area contributed by atoms with Gasteiger partial charge in [0.05, 0.1) is 37.8 Å². The van der Waals surface area contributed by atoms with E-state index < -0.39 is 6.04 Å². The van der Waals surface area contributed by atoms with Crippen molar-refractivity contribution in [2.75, 3.05) is 12.9 Å². The molecule has 5 rings (SSSR count). The van der Waals surface area contributed by atoms with Gasteiger partial charge in [-0.25, -0.2) is 9.89 Å². The number of para-hydroxylation sites is 2. The Bertz CT molecular complexity index is 1420. The minimum absolute atomic E-state index is 0.0445. The summed E-state index contributed by atoms with van der Waals surface area (Å²) >= 11 is 1.14. The molecule has 194 valence electrons. The monoisotopic (exact) mass is 531 g/mol. The number of aliphatic imine (C=N–C) groups is 2. The van der Waals surface area contributed by atoms with Crippen LogP contribution in [0.15, 0.2) is 81.3 Å². The van der Waals surface area contributed by atoms with Crippen molar-refractivity contribution in [2.24, 2.45) is 9.98 Å². The number of carbonyl (C=O) groups excluding carboxylic acids is 3. The highest BCUT2D eigenvalue weighted by atomic mass is 32.2. The zero-order valence-corrected chi connectivity index (χ0v) is 21.4. The summed E-state index contributed by atoms with van der Waals surface area (Å²) < 4.78 is 10.6. The van der Waals surface area contributed by atoms with Crippen LogP contribution in [0.1, 0.15) is 23.3 Å². The van der Waals surface area contributed by atoms with Crippen LogP contribution in [0.4, 0.5) is 5.69 Å². The summed E-state index contributed by atoms with van der Waals surface area (Å²) in [5, 5.41) is 5.97. The maximum absolute atomic E-state index is 13.4. The summed E-state index contributed by atoms with van der Waals surface area (Å²) in [4.78, 5) is 49.2. The first kappa shape index (κ1) is 25.3. The lowest BCUT2D eigenvalue weighted by Crippen LogP contribution is -2.42. The number of thioether (sulfide) groups is 1. The number of hydrogen-bond donors (Lipinski definition) is 2. The minimum atomic E-state index is -0.896. The molecule has 0 spiro atoms. The number of fused-ring (bicyclic) bond motifs is 3. The van der Waals surface area contributed by atoms with Gasteiger partial charge in [-0.1, -0.05) is 42.1 Å². The molecule has 3 aromatic rings. The smallest absolute Gasteiger partial charge is 0.259 e. The lowest BCUT2D eigenvalue weighted by Gasteiger charge is -2.25. The van der Waals surface area contributed by atoms with Crippen LogP contribution >= 0.6 is 11.8 Å². The fourth-order valence-corrected chi connectivity index (χ4v) is 4.93. The number of benzene rings is 2. The van der Waals surface area contributed by atoms with E-state index in [1.807, 2.05) is 48.5 Å². The second-order valence-electron chi connectivity index (χ2n) is 8.49. The van der Waals surface area contributed by atoms with Crippen LogP contribution in [0.3, 0.4) is 0 Å². The number of methoxy groups -OCH3 is 1. The number of carbonyl (C=O) groups is 3. The largest absolute Gasteiger partial charge is 0.496 e. The molecule has 1 aromatic heterocycles. The van der Waals surface area contributed by atoms with Gasteiger partial charge in [-0.3, -0.25) is 19.4 Å². The lowest BCUT2D eigenvalue weighted by molar-refractivity contribution is -0.128. The van der Waals surface area contributed by atoms with Crippen molar-refractivity contribution in [3.63, 3.8) is 0 Å². The number of nitrogens with zero attached hydrogens (tertiary/aromatic N) is 3. The van der Waals surface area contributed by atoms with Gasteiger partial charge in [0.25, 0.3) is 5.91 Å². The number of nitrogens with one attached hydrogen (secondary N) is 2. The summed E-state index contributed by atoms with van der Waals surface area (Å²) in [5.41, 5.74) is 2.18. The summed E-state index contributed by atoms with van der Waals surface area (Å²) in [6, 6.07) is 17.4. The Balaban J connectivity index is 1.26. The first-order valence-corrected chi connectivity index (χ1v) is 12.9. The summed E-state index contributed by atoms with van der Waals surface area (Å²) in [7, 11) is 1.57. The van der Waals surface area contributed by atoms with E-state index in [1.54, 1.807) is 25.5 Å². The molecule has 3 heterocycles. The third kappa shape index (κ3) is 5.47. The maximum Gasteiger partial charge on any atom is 0.259 e. The lowest BCUT2D eigenvalue weighted by atomic mass is 10.1. The van der Waals surface area contributed by atoms with Crippen molar-refractivity contribution < 1.29 is 23.5 Å². The molecule has 2 aliphatic heterocycles. The Morgan fingerprint density at radius 1 is 1.03 bits per heavy atom. The maximum atomic E-state index is 13.4.